The van der Waals surface area contributed by atoms with Crippen LogP contribution in [0.2, 0.25) is 0 Å². The van der Waals surface area contributed by atoms with E-state index >= 15 is 0 Å². The molecule has 8 heteroatoms. The fraction of sp³-hybridized carbons (Fsp3) is 0.222. The number of halogens is 1. The molecule has 1 amide bonds. The maximum atomic E-state index is 12.2. The van der Waals surface area contributed by atoms with E-state index in [0.29, 0.717) is 5.69 Å². The normalized spacial score (nSPS) is 11.5. The molecule has 138 valence electrons. The molecule has 0 aliphatic carbocycles. The fourth-order valence-corrected chi connectivity index (χ4v) is 3.60. The Morgan fingerprint density at radius 2 is 1.88 bits per heavy atom. The van der Waals surface area contributed by atoms with Crippen LogP contribution in [0.15, 0.2) is 52.0 Å². The highest BCUT2D eigenvalue weighted by Crippen LogP contribution is 2.24. The van der Waals surface area contributed by atoms with E-state index in [2.05, 4.69) is 26.5 Å². The molecule has 0 aliphatic heterocycles. The molecule has 0 heterocycles. The SMILES string of the molecule is Cc1cccc(N(CC(=O)N/N=C\c2ccccc2Br)S(C)(=O)=O)c1C. The fourth-order valence-electron chi connectivity index (χ4n) is 2.31. The quantitative estimate of drug-likeness (QED) is 0.557. The van der Waals surface area contributed by atoms with Crippen LogP contribution in [-0.4, -0.2) is 33.3 Å². The number of nitrogens with zero attached hydrogens (tertiary/aromatic N) is 2. The first-order valence-electron chi connectivity index (χ1n) is 7.80. The summed E-state index contributed by atoms with van der Waals surface area (Å²) in [6.45, 7) is 3.36. The van der Waals surface area contributed by atoms with Crippen molar-refractivity contribution in [1.29, 1.82) is 0 Å². The van der Waals surface area contributed by atoms with Gasteiger partial charge in [0.1, 0.15) is 6.54 Å². The number of rotatable bonds is 6. The summed E-state index contributed by atoms with van der Waals surface area (Å²) in [5.41, 5.74) is 5.40. The third-order valence-electron chi connectivity index (χ3n) is 3.83. The third kappa shape index (κ3) is 5.15. The molecule has 0 atom stereocenters. The summed E-state index contributed by atoms with van der Waals surface area (Å²) >= 11 is 3.38. The molecule has 2 aromatic carbocycles. The average Bonchev–Trinajstić information content (AvgIpc) is 2.56. The first-order chi connectivity index (χ1) is 12.2. The maximum absolute atomic E-state index is 12.2. The van der Waals surface area contributed by atoms with Crippen LogP contribution in [0.5, 0.6) is 0 Å². The molecule has 2 aromatic rings. The van der Waals surface area contributed by atoms with Crippen LogP contribution in [0.4, 0.5) is 5.69 Å². The van der Waals surface area contributed by atoms with E-state index < -0.39 is 15.9 Å². The third-order valence-corrected chi connectivity index (χ3v) is 5.68. The average molecular weight is 438 g/mol. The van der Waals surface area contributed by atoms with Gasteiger partial charge >= 0.3 is 0 Å². The van der Waals surface area contributed by atoms with Crippen LogP contribution in [0, 0.1) is 13.8 Å². The van der Waals surface area contributed by atoms with Gasteiger partial charge in [0.05, 0.1) is 18.2 Å². The number of hydrazone groups is 1. The standard InChI is InChI=1S/C18H20BrN3O3S/c1-13-7-6-10-17(14(13)2)22(26(3,24)25)12-18(23)21-20-11-15-8-4-5-9-16(15)19/h4-11H,12H2,1-3H3,(H,21,23)/b20-11-. The largest absolute Gasteiger partial charge is 0.271 e. The van der Waals surface area contributed by atoms with E-state index in [-0.39, 0.29) is 6.54 Å². The van der Waals surface area contributed by atoms with Crippen molar-refractivity contribution < 1.29 is 13.2 Å². The van der Waals surface area contributed by atoms with Gasteiger partial charge in [0.15, 0.2) is 0 Å². The second kappa shape index (κ2) is 8.46. The summed E-state index contributed by atoms with van der Waals surface area (Å²) in [6.07, 6.45) is 2.57. The van der Waals surface area contributed by atoms with Gasteiger partial charge in [-0.2, -0.15) is 5.10 Å². The van der Waals surface area contributed by atoms with E-state index in [0.717, 1.165) is 31.7 Å². The highest BCUT2D eigenvalue weighted by Gasteiger charge is 2.22. The number of hydrogen-bond acceptors (Lipinski definition) is 4. The van der Waals surface area contributed by atoms with Crippen LogP contribution in [0.1, 0.15) is 16.7 Å². The second-order valence-electron chi connectivity index (χ2n) is 5.80. The minimum absolute atomic E-state index is 0.351. The van der Waals surface area contributed by atoms with Crippen molar-refractivity contribution in [2.24, 2.45) is 5.10 Å². The molecule has 6 nitrogen and oxygen atoms in total. The van der Waals surface area contributed by atoms with Crippen molar-refractivity contribution >= 4 is 43.8 Å². The Labute approximate surface area is 162 Å². The van der Waals surface area contributed by atoms with Gasteiger partial charge in [-0.15, -0.1) is 0 Å². The van der Waals surface area contributed by atoms with Crippen LogP contribution in [0.25, 0.3) is 0 Å². The zero-order chi connectivity index (χ0) is 19.3. The topological polar surface area (TPSA) is 78.8 Å². The first kappa shape index (κ1) is 20.1. The lowest BCUT2D eigenvalue weighted by Gasteiger charge is -2.23. The summed E-state index contributed by atoms with van der Waals surface area (Å²) in [7, 11) is -3.62. The number of anilines is 1. The summed E-state index contributed by atoms with van der Waals surface area (Å²) in [6, 6.07) is 12.7. The molecule has 0 unspecified atom stereocenters. The van der Waals surface area contributed by atoms with E-state index in [9.17, 15) is 13.2 Å². The van der Waals surface area contributed by atoms with Gasteiger partial charge in [0, 0.05) is 10.0 Å². The maximum Gasteiger partial charge on any atom is 0.260 e. The molecule has 0 bridgehead atoms. The number of aryl methyl sites for hydroxylation is 1. The summed E-state index contributed by atoms with van der Waals surface area (Å²) in [5, 5.41) is 3.90. The van der Waals surface area contributed by atoms with E-state index in [1.807, 2.05) is 44.2 Å². The number of hydrogen-bond donors (Lipinski definition) is 1. The van der Waals surface area contributed by atoms with Gasteiger partial charge in [-0.25, -0.2) is 13.8 Å². The lowest BCUT2D eigenvalue weighted by Crippen LogP contribution is -2.39. The number of carbonyl (C=O) groups excluding carboxylic acids is 1. The molecule has 0 spiro atoms. The molecule has 0 aromatic heterocycles. The summed E-state index contributed by atoms with van der Waals surface area (Å²) in [4.78, 5) is 12.2. The Bertz CT molecular complexity index is 942. The number of nitrogens with one attached hydrogen (secondary N) is 1. The van der Waals surface area contributed by atoms with Crippen molar-refractivity contribution in [1.82, 2.24) is 5.43 Å². The van der Waals surface area contributed by atoms with Gasteiger partial charge < -0.3 is 0 Å². The molecule has 0 aliphatic rings. The smallest absolute Gasteiger partial charge is 0.260 e. The molecular weight excluding hydrogens is 418 g/mol. The van der Waals surface area contributed by atoms with E-state index in [4.69, 9.17) is 0 Å². The van der Waals surface area contributed by atoms with Crippen molar-refractivity contribution in [3.63, 3.8) is 0 Å². The van der Waals surface area contributed by atoms with Crippen LogP contribution in [0.3, 0.4) is 0 Å². The predicted octanol–water partition coefficient (Wildman–Crippen LogP) is 2.98. The summed E-state index contributed by atoms with van der Waals surface area (Å²) < 4.78 is 26.3. The Balaban J connectivity index is 2.15. The monoisotopic (exact) mass is 437 g/mol. The van der Waals surface area contributed by atoms with Crippen molar-refractivity contribution in [3.05, 3.63) is 63.6 Å². The van der Waals surface area contributed by atoms with Crippen molar-refractivity contribution in [2.75, 3.05) is 17.1 Å². The van der Waals surface area contributed by atoms with Gasteiger partial charge in [0.2, 0.25) is 10.0 Å². The second-order valence-corrected chi connectivity index (χ2v) is 8.56. The minimum Gasteiger partial charge on any atom is -0.271 e. The van der Waals surface area contributed by atoms with Gasteiger partial charge in [-0.05, 0) is 37.1 Å². The highest BCUT2D eigenvalue weighted by molar-refractivity contribution is 9.10. The van der Waals surface area contributed by atoms with Crippen molar-refractivity contribution in [3.8, 4) is 0 Å². The van der Waals surface area contributed by atoms with Crippen LogP contribution in [-0.2, 0) is 14.8 Å². The van der Waals surface area contributed by atoms with Crippen LogP contribution < -0.4 is 9.73 Å². The highest BCUT2D eigenvalue weighted by atomic mass is 79.9. The Hall–Kier alpha value is -2.19. The van der Waals surface area contributed by atoms with Gasteiger partial charge in [0.25, 0.3) is 5.91 Å². The van der Waals surface area contributed by atoms with Gasteiger partial charge in [-0.3, -0.25) is 9.10 Å². The van der Waals surface area contributed by atoms with E-state index in [1.54, 1.807) is 12.1 Å². The molecule has 26 heavy (non-hydrogen) atoms. The first-order valence-corrected chi connectivity index (χ1v) is 10.4. The number of benzene rings is 2. The number of amides is 1. The molecule has 0 radical (unpaired) electrons. The molecule has 0 fully saturated rings. The zero-order valence-corrected chi connectivity index (χ0v) is 17.1. The molecule has 0 saturated heterocycles. The Kier molecular flexibility index (Phi) is 6.55. The zero-order valence-electron chi connectivity index (χ0n) is 14.7. The van der Waals surface area contributed by atoms with E-state index in [1.165, 1.54) is 6.21 Å². The van der Waals surface area contributed by atoms with Gasteiger partial charge in [-0.1, -0.05) is 46.3 Å². The Morgan fingerprint density at radius 3 is 2.54 bits per heavy atom. The molecular formula is C18H20BrN3O3S. The number of carbonyl (C=O) groups is 1. The molecule has 2 rings (SSSR count). The molecule has 0 saturated carbocycles. The number of sulfonamides is 1. The lowest BCUT2D eigenvalue weighted by atomic mass is 10.1. The molecule has 1 N–H and O–H groups in total. The predicted molar refractivity (Wildman–Crippen MR) is 108 cm³/mol. The van der Waals surface area contributed by atoms with Crippen molar-refractivity contribution in [2.45, 2.75) is 13.8 Å². The lowest BCUT2D eigenvalue weighted by molar-refractivity contribution is -0.119. The summed E-state index contributed by atoms with van der Waals surface area (Å²) in [5.74, 6) is -0.528. The van der Waals surface area contributed by atoms with Crippen LogP contribution >= 0.6 is 15.9 Å². The Morgan fingerprint density at radius 1 is 1.19 bits per heavy atom. The minimum atomic E-state index is -3.62.